The second-order valence-electron chi connectivity index (χ2n) is 7.38. The Morgan fingerprint density at radius 2 is 1.36 bits per heavy atom. The van der Waals surface area contributed by atoms with Crippen molar-refractivity contribution in [3.8, 4) is 0 Å². The van der Waals surface area contributed by atoms with Crippen LogP contribution in [0, 0.1) is 0 Å². The Balaban J connectivity index is 1.95. The van der Waals surface area contributed by atoms with Gasteiger partial charge in [0.2, 0.25) is 0 Å². The Labute approximate surface area is 192 Å². The molecule has 2 aromatic rings. The van der Waals surface area contributed by atoms with E-state index in [1.165, 1.54) is 13.0 Å². The van der Waals surface area contributed by atoms with E-state index in [1.807, 2.05) is 0 Å². The minimum Gasteiger partial charge on any atom is -0.456 e. The molecule has 174 valence electrons. The molecule has 2 aromatic carbocycles. The zero-order valence-electron chi connectivity index (χ0n) is 18.4. The standard InChI is InChI=1S/C25H26O8/c1-4-15-29-25-22(33-24(28)19-13-9-6-10-14-19)21(20(16(2)30-25)31-17(3)26)32-23(27)18-11-7-5-8-12-18/h4-14,16,20-22,25H,1,15H2,2-3H3/t16-,20+,21+,22-,25+/m0/s1. The van der Waals surface area contributed by atoms with Gasteiger partial charge in [-0.2, -0.15) is 0 Å². The topological polar surface area (TPSA) is 97.4 Å². The average Bonchev–Trinajstić information content (AvgIpc) is 2.82. The van der Waals surface area contributed by atoms with Crippen LogP contribution < -0.4 is 0 Å². The molecular formula is C25H26O8. The molecule has 1 aliphatic heterocycles. The van der Waals surface area contributed by atoms with E-state index in [4.69, 9.17) is 23.7 Å². The molecule has 33 heavy (non-hydrogen) atoms. The molecule has 1 heterocycles. The summed E-state index contributed by atoms with van der Waals surface area (Å²) in [6.45, 7) is 6.59. The lowest BCUT2D eigenvalue weighted by Gasteiger charge is -2.43. The molecule has 1 aliphatic rings. The molecule has 0 radical (unpaired) electrons. The molecule has 5 atom stereocenters. The zero-order valence-corrected chi connectivity index (χ0v) is 18.4. The molecule has 1 fully saturated rings. The van der Waals surface area contributed by atoms with Gasteiger partial charge in [0.1, 0.15) is 0 Å². The van der Waals surface area contributed by atoms with Crippen LogP contribution in [0.15, 0.2) is 73.3 Å². The third-order valence-corrected chi connectivity index (χ3v) is 4.91. The molecule has 0 aromatic heterocycles. The Morgan fingerprint density at radius 1 is 0.848 bits per heavy atom. The largest absolute Gasteiger partial charge is 0.456 e. The lowest BCUT2D eigenvalue weighted by molar-refractivity contribution is -0.291. The van der Waals surface area contributed by atoms with Gasteiger partial charge in [-0.25, -0.2) is 9.59 Å². The van der Waals surface area contributed by atoms with Crippen LogP contribution in [0.5, 0.6) is 0 Å². The maximum atomic E-state index is 12.9. The Hall–Kier alpha value is -3.49. The van der Waals surface area contributed by atoms with Gasteiger partial charge in [0, 0.05) is 6.92 Å². The van der Waals surface area contributed by atoms with Gasteiger partial charge >= 0.3 is 17.9 Å². The summed E-state index contributed by atoms with van der Waals surface area (Å²) in [6, 6.07) is 16.6. The van der Waals surface area contributed by atoms with E-state index in [9.17, 15) is 14.4 Å². The molecule has 0 amide bonds. The van der Waals surface area contributed by atoms with E-state index in [-0.39, 0.29) is 17.7 Å². The maximum Gasteiger partial charge on any atom is 0.338 e. The van der Waals surface area contributed by atoms with Crippen molar-refractivity contribution in [1.82, 2.24) is 0 Å². The highest BCUT2D eigenvalue weighted by atomic mass is 16.7. The first-order valence-electron chi connectivity index (χ1n) is 10.5. The fraction of sp³-hybridized carbons (Fsp3) is 0.320. The van der Waals surface area contributed by atoms with Crippen LogP contribution >= 0.6 is 0 Å². The molecule has 0 spiro atoms. The Bertz CT molecular complexity index is 959. The fourth-order valence-corrected chi connectivity index (χ4v) is 3.42. The number of carbonyl (C=O) groups excluding carboxylic acids is 3. The van der Waals surface area contributed by atoms with E-state index >= 15 is 0 Å². The van der Waals surface area contributed by atoms with E-state index in [1.54, 1.807) is 67.6 Å². The van der Waals surface area contributed by atoms with Crippen LogP contribution in [-0.2, 0) is 28.5 Å². The van der Waals surface area contributed by atoms with Gasteiger partial charge in [-0.3, -0.25) is 4.79 Å². The van der Waals surface area contributed by atoms with Gasteiger partial charge in [-0.15, -0.1) is 6.58 Å². The Kier molecular flexibility index (Phi) is 8.34. The van der Waals surface area contributed by atoms with Crippen molar-refractivity contribution in [2.75, 3.05) is 6.61 Å². The maximum absolute atomic E-state index is 12.9. The molecule has 0 unspecified atom stereocenters. The highest BCUT2D eigenvalue weighted by Gasteiger charge is 2.51. The van der Waals surface area contributed by atoms with E-state index < -0.39 is 48.6 Å². The fourth-order valence-electron chi connectivity index (χ4n) is 3.42. The Morgan fingerprint density at radius 3 is 1.85 bits per heavy atom. The SMILES string of the molecule is C=CCO[C@@H]1O[C@@H](C)[C@@H](OC(C)=O)[C@@H](OC(=O)c2ccccc2)[C@@H]1OC(=O)c1ccccc1. The van der Waals surface area contributed by atoms with Crippen molar-refractivity contribution < 1.29 is 38.1 Å². The van der Waals surface area contributed by atoms with Gasteiger partial charge in [-0.1, -0.05) is 42.5 Å². The smallest absolute Gasteiger partial charge is 0.338 e. The van der Waals surface area contributed by atoms with Crippen LogP contribution in [-0.4, -0.2) is 55.2 Å². The van der Waals surface area contributed by atoms with E-state index in [0.717, 1.165) is 0 Å². The summed E-state index contributed by atoms with van der Waals surface area (Å²) in [5.41, 5.74) is 0.575. The lowest BCUT2D eigenvalue weighted by atomic mass is 9.98. The van der Waals surface area contributed by atoms with E-state index in [2.05, 4.69) is 6.58 Å². The highest BCUT2D eigenvalue weighted by Crippen LogP contribution is 2.30. The van der Waals surface area contributed by atoms with Gasteiger partial charge in [0.25, 0.3) is 0 Å². The summed E-state index contributed by atoms with van der Waals surface area (Å²) in [5, 5.41) is 0. The normalized spacial score (nSPS) is 24.4. The molecule has 0 saturated carbocycles. The summed E-state index contributed by atoms with van der Waals surface area (Å²) in [5.74, 6) is -1.95. The summed E-state index contributed by atoms with van der Waals surface area (Å²) in [7, 11) is 0. The second-order valence-corrected chi connectivity index (χ2v) is 7.38. The summed E-state index contributed by atoms with van der Waals surface area (Å²) in [4.78, 5) is 37.5. The number of esters is 3. The van der Waals surface area contributed by atoms with Gasteiger partial charge in [-0.05, 0) is 31.2 Å². The van der Waals surface area contributed by atoms with Crippen LogP contribution in [0.1, 0.15) is 34.6 Å². The van der Waals surface area contributed by atoms with Crippen molar-refractivity contribution >= 4 is 17.9 Å². The molecular weight excluding hydrogens is 428 g/mol. The van der Waals surface area contributed by atoms with Crippen LogP contribution in [0.4, 0.5) is 0 Å². The third kappa shape index (κ3) is 6.27. The molecule has 0 bridgehead atoms. The second kappa shape index (κ2) is 11.4. The molecule has 0 N–H and O–H groups in total. The van der Waals surface area contributed by atoms with Crippen LogP contribution in [0.2, 0.25) is 0 Å². The minimum atomic E-state index is -1.22. The number of carbonyl (C=O) groups is 3. The molecule has 8 heteroatoms. The highest BCUT2D eigenvalue weighted by molar-refractivity contribution is 5.90. The van der Waals surface area contributed by atoms with Gasteiger partial charge in [0.15, 0.2) is 24.6 Å². The zero-order chi connectivity index (χ0) is 23.8. The van der Waals surface area contributed by atoms with Crippen LogP contribution in [0.25, 0.3) is 0 Å². The average molecular weight is 454 g/mol. The third-order valence-electron chi connectivity index (χ3n) is 4.91. The van der Waals surface area contributed by atoms with Crippen molar-refractivity contribution in [2.24, 2.45) is 0 Å². The molecule has 3 rings (SSSR count). The molecule has 0 aliphatic carbocycles. The number of hydrogen-bond donors (Lipinski definition) is 0. The van der Waals surface area contributed by atoms with Crippen molar-refractivity contribution in [1.29, 1.82) is 0 Å². The number of benzene rings is 2. The molecule has 8 nitrogen and oxygen atoms in total. The first kappa shape index (κ1) is 24.2. The first-order chi connectivity index (χ1) is 15.9. The quantitative estimate of drug-likeness (QED) is 0.340. The summed E-state index contributed by atoms with van der Waals surface area (Å²) < 4.78 is 28.4. The van der Waals surface area contributed by atoms with Crippen molar-refractivity contribution in [2.45, 2.75) is 44.6 Å². The van der Waals surface area contributed by atoms with Gasteiger partial charge in [0.05, 0.1) is 23.8 Å². The lowest BCUT2D eigenvalue weighted by Crippen LogP contribution is -2.61. The molecule has 1 saturated heterocycles. The van der Waals surface area contributed by atoms with E-state index in [0.29, 0.717) is 0 Å². The van der Waals surface area contributed by atoms with Crippen molar-refractivity contribution in [3.05, 3.63) is 84.4 Å². The number of hydrogen-bond acceptors (Lipinski definition) is 8. The van der Waals surface area contributed by atoms with Crippen LogP contribution in [0.3, 0.4) is 0 Å². The first-order valence-corrected chi connectivity index (χ1v) is 10.5. The number of rotatable bonds is 8. The minimum absolute atomic E-state index is 0.0916. The summed E-state index contributed by atoms with van der Waals surface area (Å²) >= 11 is 0. The predicted octanol–water partition coefficient (Wildman–Crippen LogP) is 3.32. The predicted molar refractivity (Wildman–Crippen MR) is 117 cm³/mol. The van der Waals surface area contributed by atoms with Gasteiger partial charge < -0.3 is 23.7 Å². The van der Waals surface area contributed by atoms with Crippen molar-refractivity contribution in [3.63, 3.8) is 0 Å². The summed E-state index contributed by atoms with van der Waals surface area (Å²) in [6.07, 6.45) is -3.74. The number of ether oxygens (including phenoxy) is 5. The monoisotopic (exact) mass is 454 g/mol.